The summed E-state index contributed by atoms with van der Waals surface area (Å²) in [6, 6.07) is -0.120. The summed E-state index contributed by atoms with van der Waals surface area (Å²) in [5.74, 6) is -4.88. The molecule has 0 aliphatic rings. The topological polar surface area (TPSA) is 9.23 Å². The molecule has 0 atom stereocenters. The predicted molar refractivity (Wildman–Crippen MR) is 38.0 cm³/mol. The standard InChI is InChI=1S/C8H3F7O/c9-4-2-6(16-8(13,14)15)5(10)1-3(4)7(11)12/h1-2,7H. The van der Waals surface area contributed by atoms with Crippen molar-refractivity contribution in [1.29, 1.82) is 0 Å². The fourth-order valence-corrected chi connectivity index (χ4v) is 0.914. The molecule has 0 aliphatic carbocycles. The third-order valence-corrected chi connectivity index (χ3v) is 1.51. The molecule has 0 heterocycles. The molecule has 0 N–H and O–H groups in total. The van der Waals surface area contributed by atoms with Crippen molar-refractivity contribution in [3.8, 4) is 5.75 Å². The summed E-state index contributed by atoms with van der Waals surface area (Å²) in [4.78, 5) is 0. The molecular formula is C8H3F7O. The lowest BCUT2D eigenvalue weighted by molar-refractivity contribution is -0.275. The number of rotatable bonds is 2. The van der Waals surface area contributed by atoms with Gasteiger partial charge in [0.15, 0.2) is 11.6 Å². The van der Waals surface area contributed by atoms with Crippen molar-refractivity contribution in [2.45, 2.75) is 12.8 Å². The minimum absolute atomic E-state index is 0.0406. The van der Waals surface area contributed by atoms with Gasteiger partial charge in [-0.2, -0.15) is 0 Å². The van der Waals surface area contributed by atoms with E-state index < -0.39 is 35.7 Å². The lowest BCUT2D eigenvalue weighted by Gasteiger charge is -2.11. The molecule has 1 aromatic rings. The van der Waals surface area contributed by atoms with Gasteiger partial charge < -0.3 is 4.74 Å². The molecule has 90 valence electrons. The van der Waals surface area contributed by atoms with Gasteiger partial charge in [-0.3, -0.25) is 0 Å². The number of hydrogen-bond acceptors (Lipinski definition) is 1. The first kappa shape index (κ1) is 12.6. The van der Waals surface area contributed by atoms with Crippen molar-refractivity contribution in [2.75, 3.05) is 0 Å². The Balaban J connectivity index is 3.11. The van der Waals surface area contributed by atoms with Crippen LogP contribution in [0.2, 0.25) is 0 Å². The lowest BCUT2D eigenvalue weighted by Crippen LogP contribution is -2.18. The Morgan fingerprint density at radius 1 is 1.00 bits per heavy atom. The molecule has 0 bridgehead atoms. The van der Waals surface area contributed by atoms with Gasteiger partial charge in [0.25, 0.3) is 6.43 Å². The second-order valence-electron chi connectivity index (χ2n) is 2.65. The van der Waals surface area contributed by atoms with Crippen LogP contribution in [0.1, 0.15) is 12.0 Å². The Morgan fingerprint density at radius 3 is 2.00 bits per heavy atom. The Bertz CT molecular complexity index is 385. The SMILES string of the molecule is Fc1cc(C(F)F)c(F)cc1OC(F)(F)F. The molecule has 0 unspecified atom stereocenters. The molecule has 0 saturated carbocycles. The summed E-state index contributed by atoms with van der Waals surface area (Å²) < 4.78 is 87.6. The summed E-state index contributed by atoms with van der Waals surface area (Å²) in [7, 11) is 0. The normalized spacial score (nSPS) is 12.0. The third-order valence-electron chi connectivity index (χ3n) is 1.51. The molecular weight excluding hydrogens is 245 g/mol. The number of benzene rings is 1. The first-order valence-corrected chi connectivity index (χ1v) is 3.73. The minimum Gasteiger partial charge on any atom is -0.403 e. The molecule has 0 amide bonds. The van der Waals surface area contributed by atoms with Crippen molar-refractivity contribution in [3.63, 3.8) is 0 Å². The van der Waals surface area contributed by atoms with Crippen LogP contribution >= 0.6 is 0 Å². The molecule has 8 heteroatoms. The highest BCUT2D eigenvalue weighted by Gasteiger charge is 2.33. The van der Waals surface area contributed by atoms with Crippen molar-refractivity contribution in [1.82, 2.24) is 0 Å². The zero-order valence-corrected chi connectivity index (χ0v) is 7.29. The highest BCUT2D eigenvalue weighted by Crippen LogP contribution is 2.31. The van der Waals surface area contributed by atoms with E-state index in [1.54, 1.807) is 0 Å². The van der Waals surface area contributed by atoms with Crippen molar-refractivity contribution >= 4 is 0 Å². The molecule has 0 aromatic heterocycles. The van der Waals surface area contributed by atoms with Crippen LogP contribution in [0.4, 0.5) is 30.7 Å². The van der Waals surface area contributed by atoms with E-state index in [9.17, 15) is 30.7 Å². The Morgan fingerprint density at radius 2 is 1.56 bits per heavy atom. The van der Waals surface area contributed by atoms with Gasteiger partial charge in [-0.05, 0) is 6.07 Å². The number of hydrogen-bond donors (Lipinski definition) is 0. The number of halogens is 7. The molecule has 1 rings (SSSR count). The van der Waals surface area contributed by atoms with Crippen LogP contribution in [0.5, 0.6) is 5.75 Å². The van der Waals surface area contributed by atoms with Gasteiger partial charge in [0.1, 0.15) is 5.82 Å². The molecule has 0 radical (unpaired) electrons. The summed E-state index contributed by atoms with van der Waals surface area (Å²) >= 11 is 0. The maximum Gasteiger partial charge on any atom is 0.573 e. The summed E-state index contributed by atoms with van der Waals surface area (Å²) in [6.07, 6.45) is -8.55. The van der Waals surface area contributed by atoms with Gasteiger partial charge in [-0.15, -0.1) is 13.2 Å². The fraction of sp³-hybridized carbons (Fsp3) is 0.250. The Labute approximate surface area is 84.4 Å². The maximum atomic E-state index is 12.8. The summed E-state index contributed by atoms with van der Waals surface area (Å²) in [5, 5.41) is 0. The smallest absolute Gasteiger partial charge is 0.403 e. The fourth-order valence-electron chi connectivity index (χ4n) is 0.914. The van der Waals surface area contributed by atoms with Crippen LogP contribution in [0, 0.1) is 11.6 Å². The van der Waals surface area contributed by atoms with Crippen LogP contribution in [-0.2, 0) is 0 Å². The van der Waals surface area contributed by atoms with Crippen molar-refractivity contribution < 1.29 is 35.5 Å². The van der Waals surface area contributed by atoms with E-state index in [1.165, 1.54) is 0 Å². The van der Waals surface area contributed by atoms with Gasteiger partial charge >= 0.3 is 6.36 Å². The first-order chi connectivity index (χ1) is 7.20. The quantitative estimate of drug-likeness (QED) is 0.723. The monoisotopic (exact) mass is 248 g/mol. The summed E-state index contributed by atoms with van der Waals surface area (Å²) in [6.45, 7) is 0. The molecule has 0 spiro atoms. The van der Waals surface area contributed by atoms with Crippen LogP contribution in [0.3, 0.4) is 0 Å². The van der Waals surface area contributed by atoms with Gasteiger partial charge in [-0.25, -0.2) is 17.6 Å². The zero-order chi connectivity index (χ0) is 12.5. The van der Waals surface area contributed by atoms with Gasteiger partial charge in [-0.1, -0.05) is 0 Å². The Hall–Kier alpha value is -1.47. The highest BCUT2D eigenvalue weighted by atomic mass is 19.4. The van der Waals surface area contributed by atoms with Gasteiger partial charge in [0, 0.05) is 6.07 Å². The zero-order valence-electron chi connectivity index (χ0n) is 7.29. The van der Waals surface area contributed by atoms with Crippen LogP contribution in [0.15, 0.2) is 12.1 Å². The first-order valence-electron chi connectivity index (χ1n) is 3.73. The van der Waals surface area contributed by atoms with Crippen LogP contribution < -0.4 is 4.74 Å². The minimum atomic E-state index is -5.22. The largest absolute Gasteiger partial charge is 0.573 e. The van der Waals surface area contributed by atoms with E-state index in [4.69, 9.17) is 0 Å². The highest BCUT2D eigenvalue weighted by molar-refractivity contribution is 5.31. The second kappa shape index (κ2) is 4.18. The second-order valence-corrected chi connectivity index (χ2v) is 2.65. The average Bonchev–Trinajstić information content (AvgIpc) is 2.07. The molecule has 0 saturated heterocycles. The molecule has 0 fully saturated rings. The van der Waals surface area contributed by atoms with E-state index in [0.29, 0.717) is 0 Å². The molecule has 0 aliphatic heterocycles. The van der Waals surface area contributed by atoms with Crippen LogP contribution in [-0.4, -0.2) is 6.36 Å². The van der Waals surface area contributed by atoms with E-state index >= 15 is 0 Å². The lowest BCUT2D eigenvalue weighted by atomic mass is 10.2. The predicted octanol–water partition coefficient (Wildman–Crippen LogP) is 3.80. The average molecular weight is 248 g/mol. The van der Waals surface area contributed by atoms with E-state index in [2.05, 4.69) is 4.74 Å². The Kier molecular flexibility index (Phi) is 3.30. The molecule has 16 heavy (non-hydrogen) atoms. The van der Waals surface area contributed by atoms with Crippen molar-refractivity contribution in [2.24, 2.45) is 0 Å². The number of ether oxygens (including phenoxy) is 1. The van der Waals surface area contributed by atoms with Crippen LogP contribution in [0.25, 0.3) is 0 Å². The third kappa shape index (κ3) is 3.01. The van der Waals surface area contributed by atoms with Gasteiger partial charge in [0.05, 0.1) is 5.56 Å². The van der Waals surface area contributed by atoms with E-state index in [-0.39, 0.29) is 12.1 Å². The molecule has 1 nitrogen and oxygen atoms in total. The van der Waals surface area contributed by atoms with E-state index in [1.807, 2.05) is 0 Å². The maximum absolute atomic E-state index is 12.8. The molecule has 1 aromatic carbocycles. The van der Waals surface area contributed by atoms with E-state index in [0.717, 1.165) is 0 Å². The van der Waals surface area contributed by atoms with Gasteiger partial charge in [0.2, 0.25) is 0 Å². The number of alkyl halides is 5. The van der Waals surface area contributed by atoms with Crippen molar-refractivity contribution in [3.05, 3.63) is 29.3 Å². The summed E-state index contributed by atoms with van der Waals surface area (Å²) in [5.41, 5.74) is -1.33.